The van der Waals surface area contributed by atoms with Crippen molar-refractivity contribution in [2.45, 2.75) is 69.0 Å². The third-order valence-corrected chi connectivity index (χ3v) is 6.54. The van der Waals surface area contributed by atoms with E-state index in [9.17, 15) is 13.5 Å². The molecule has 1 aromatic carbocycles. The Morgan fingerprint density at radius 3 is 2.42 bits per heavy atom. The molecule has 0 bridgehead atoms. The zero-order valence-electron chi connectivity index (χ0n) is 15.7. The number of aliphatic hydroxyl groups excluding tert-OH is 1. The van der Waals surface area contributed by atoms with Crippen LogP contribution in [0.1, 0.15) is 46.0 Å². The Morgan fingerprint density at radius 2 is 1.85 bits per heavy atom. The number of rotatable bonds is 7. The van der Waals surface area contributed by atoms with E-state index in [2.05, 4.69) is 15.6 Å². The average Bonchev–Trinajstić information content (AvgIpc) is 2.64. The van der Waals surface area contributed by atoms with E-state index >= 15 is 0 Å². The largest absolute Gasteiger partial charge is 0.393 e. The number of nitrogens with zero attached hydrogens (tertiary/aromatic N) is 1. The summed E-state index contributed by atoms with van der Waals surface area (Å²) >= 11 is 0. The first-order valence-corrected chi connectivity index (χ1v) is 11.1. The lowest BCUT2D eigenvalue weighted by molar-refractivity contribution is 0.120. The lowest BCUT2D eigenvalue weighted by atomic mass is 9.93. The number of hydrogen-bond donors (Lipinski definition) is 3. The van der Waals surface area contributed by atoms with Gasteiger partial charge in [-0.2, -0.15) is 0 Å². The van der Waals surface area contributed by atoms with Crippen molar-refractivity contribution in [3.63, 3.8) is 0 Å². The second kappa shape index (κ2) is 9.92. The molecule has 0 radical (unpaired) electrons. The van der Waals surface area contributed by atoms with Crippen molar-refractivity contribution in [2.24, 2.45) is 4.99 Å². The van der Waals surface area contributed by atoms with Gasteiger partial charge >= 0.3 is 0 Å². The van der Waals surface area contributed by atoms with Crippen LogP contribution in [0.5, 0.6) is 0 Å². The Labute approximate surface area is 157 Å². The highest BCUT2D eigenvalue weighted by Crippen LogP contribution is 2.18. The number of guanidine groups is 1. The van der Waals surface area contributed by atoms with Gasteiger partial charge in [-0.3, -0.25) is 4.99 Å². The van der Waals surface area contributed by atoms with Crippen molar-refractivity contribution < 1.29 is 13.5 Å². The van der Waals surface area contributed by atoms with Crippen LogP contribution in [0.3, 0.4) is 0 Å². The van der Waals surface area contributed by atoms with Gasteiger partial charge in [-0.05, 0) is 51.2 Å². The summed E-state index contributed by atoms with van der Waals surface area (Å²) in [5.41, 5.74) is 0. The number of aliphatic imine (C=N–C) groups is 1. The van der Waals surface area contributed by atoms with Crippen molar-refractivity contribution >= 4 is 15.8 Å². The molecule has 0 aromatic heterocycles. The predicted octanol–water partition coefficient (Wildman–Crippen LogP) is 2.10. The third-order valence-electron chi connectivity index (χ3n) is 4.71. The molecule has 0 aliphatic heterocycles. The van der Waals surface area contributed by atoms with Crippen LogP contribution >= 0.6 is 0 Å². The van der Waals surface area contributed by atoms with Gasteiger partial charge in [0.15, 0.2) is 15.8 Å². The van der Waals surface area contributed by atoms with Crippen molar-refractivity contribution in [3.8, 4) is 0 Å². The van der Waals surface area contributed by atoms with E-state index in [-0.39, 0.29) is 23.9 Å². The molecule has 0 saturated heterocycles. The first-order valence-electron chi connectivity index (χ1n) is 9.48. The molecule has 3 N–H and O–H groups in total. The van der Waals surface area contributed by atoms with Crippen molar-refractivity contribution in [1.82, 2.24) is 10.6 Å². The molecular weight excluding hydrogens is 350 g/mol. The lowest BCUT2D eigenvalue weighted by Gasteiger charge is -2.29. The summed E-state index contributed by atoms with van der Waals surface area (Å²) in [4.78, 5) is 4.82. The van der Waals surface area contributed by atoms with Crippen LogP contribution in [0.4, 0.5) is 0 Å². The quantitative estimate of drug-likeness (QED) is 0.497. The van der Waals surface area contributed by atoms with Crippen molar-refractivity contribution in [1.29, 1.82) is 0 Å². The minimum Gasteiger partial charge on any atom is -0.393 e. The fourth-order valence-electron chi connectivity index (χ4n) is 3.15. The fraction of sp³-hybridized carbons (Fsp3) is 0.632. The highest BCUT2D eigenvalue weighted by atomic mass is 32.2. The summed E-state index contributed by atoms with van der Waals surface area (Å²) in [5.74, 6) is 0.686. The lowest BCUT2D eigenvalue weighted by Crippen LogP contribution is -2.50. The molecule has 7 heteroatoms. The molecule has 1 unspecified atom stereocenters. The highest BCUT2D eigenvalue weighted by molar-refractivity contribution is 7.91. The molecule has 146 valence electrons. The van der Waals surface area contributed by atoms with E-state index in [0.29, 0.717) is 23.8 Å². The molecule has 1 aromatic rings. The maximum absolute atomic E-state index is 12.6. The molecular formula is C19H31N3O3S. The van der Waals surface area contributed by atoms with Crippen LogP contribution in [-0.2, 0) is 9.84 Å². The van der Waals surface area contributed by atoms with E-state index in [0.717, 1.165) is 25.7 Å². The Kier molecular flexibility index (Phi) is 7.90. The van der Waals surface area contributed by atoms with Crippen LogP contribution in [0.15, 0.2) is 40.2 Å². The van der Waals surface area contributed by atoms with Gasteiger partial charge in [0.05, 0.1) is 16.8 Å². The van der Waals surface area contributed by atoms with Gasteiger partial charge < -0.3 is 15.7 Å². The summed E-state index contributed by atoms with van der Waals surface area (Å²) in [5, 5.41) is 16.3. The predicted molar refractivity (Wildman–Crippen MR) is 105 cm³/mol. The average molecular weight is 382 g/mol. The van der Waals surface area contributed by atoms with Crippen LogP contribution in [0.25, 0.3) is 0 Å². The van der Waals surface area contributed by atoms with E-state index in [1.807, 2.05) is 19.9 Å². The van der Waals surface area contributed by atoms with Gasteiger partial charge in [-0.1, -0.05) is 25.1 Å². The van der Waals surface area contributed by atoms with Gasteiger partial charge in [0.1, 0.15) is 0 Å². The number of sulfone groups is 1. The summed E-state index contributed by atoms with van der Waals surface area (Å²) in [7, 11) is -3.35. The molecule has 1 aliphatic carbocycles. The molecule has 1 fully saturated rings. The number of aliphatic hydroxyl groups is 1. The molecule has 1 saturated carbocycles. The fourth-order valence-corrected chi connectivity index (χ4v) is 4.76. The van der Waals surface area contributed by atoms with Crippen molar-refractivity contribution in [3.05, 3.63) is 30.3 Å². The molecule has 1 aliphatic rings. The van der Waals surface area contributed by atoms with Crippen LogP contribution in [0, 0.1) is 0 Å². The van der Waals surface area contributed by atoms with E-state index < -0.39 is 9.84 Å². The second-order valence-corrected chi connectivity index (χ2v) is 8.85. The maximum atomic E-state index is 12.6. The highest BCUT2D eigenvalue weighted by Gasteiger charge is 2.23. The Hall–Kier alpha value is -1.60. The van der Waals surface area contributed by atoms with Gasteiger partial charge in [-0.25, -0.2) is 8.42 Å². The van der Waals surface area contributed by atoms with Gasteiger partial charge in [-0.15, -0.1) is 0 Å². The monoisotopic (exact) mass is 381 g/mol. The topological polar surface area (TPSA) is 90.8 Å². The first kappa shape index (κ1) is 20.7. The number of benzene rings is 1. The van der Waals surface area contributed by atoms with E-state index in [4.69, 9.17) is 0 Å². The number of hydrogen-bond acceptors (Lipinski definition) is 4. The molecule has 1 atom stereocenters. The Morgan fingerprint density at radius 1 is 1.19 bits per heavy atom. The Bertz CT molecular complexity index is 669. The van der Waals surface area contributed by atoms with E-state index in [1.165, 1.54) is 0 Å². The molecule has 0 spiro atoms. The molecule has 26 heavy (non-hydrogen) atoms. The smallest absolute Gasteiger partial charge is 0.191 e. The second-order valence-electron chi connectivity index (χ2n) is 6.82. The molecule has 2 rings (SSSR count). The van der Waals surface area contributed by atoms with Gasteiger partial charge in [0, 0.05) is 18.6 Å². The van der Waals surface area contributed by atoms with Gasteiger partial charge in [0.25, 0.3) is 0 Å². The summed E-state index contributed by atoms with van der Waals surface area (Å²) < 4.78 is 25.3. The minimum atomic E-state index is -3.35. The van der Waals surface area contributed by atoms with E-state index in [1.54, 1.807) is 24.3 Å². The van der Waals surface area contributed by atoms with Gasteiger partial charge in [0.2, 0.25) is 0 Å². The van der Waals surface area contributed by atoms with Crippen LogP contribution in [-0.4, -0.2) is 50.0 Å². The summed E-state index contributed by atoms with van der Waals surface area (Å²) in [6.07, 6.45) is 3.84. The maximum Gasteiger partial charge on any atom is 0.191 e. The molecule has 6 nitrogen and oxygen atoms in total. The summed E-state index contributed by atoms with van der Waals surface area (Å²) in [6, 6.07) is 8.61. The molecule has 0 heterocycles. The zero-order valence-corrected chi connectivity index (χ0v) is 16.5. The molecule has 0 amide bonds. The SMILES string of the molecule is CCN=C(NC1CCC(O)CC1)NC(CC)CS(=O)(=O)c1ccccc1. The summed E-state index contributed by atoms with van der Waals surface area (Å²) in [6.45, 7) is 4.54. The van der Waals surface area contributed by atoms with Crippen molar-refractivity contribution in [2.75, 3.05) is 12.3 Å². The number of nitrogens with one attached hydrogen (secondary N) is 2. The first-order chi connectivity index (χ1) is 12.4. The van der Waals surface area contributed by atoms with Crippen LogP contribution in [0.2, 0.25) is 0 Å². The Balaban J connectivity index is 2.00. The normalized spacial score (nSPS) is 22.7. The van der Waals surface area contributed by atoms with Crippen LogP contribution < -0.4 is 10.6 Å². The third kappa shape index (κ3) is 6.29. The zero-order chi connectivity index (χ0) is 19.0. The standard InChI is InChI=1S/C19H31N3O3S/c1-3-15(14-26(24,25)18-8-6-5-7-9-18)21-19(20-4-2)22-16-10-12-17(23)13-11-16/h5-9,15-17,23H,3-4,10-14H2,1-2H3,(H2,20,21,22). The minimum absolute atomic E-state index is 0.0291.